The van der Waals surface area contributed by atoms with E-state index in [1.165, 1.54) is 11.3 Å². The third-order valence-corrected chi connectivity index (χ3v) is 4.33. The molecule has 1 aromatic heterocycles. The standard InChI is InChI=1S/C19H15N3O2S/c1-13-18(15-5-3-2-4-6-15)22-19(25-13)21-17(23)12-24-16-9-7-14(11-20)8-10-16/h2-10H,12H2,1H3,(H,21,22,23). The van der Waals surface area contributed by atoms with Gasteiger partial charge in [-0.2, -0.15) is 5.26 Å². The monoisotopic (exact) mass is 349 g/mol. The first-order valence-corrected chi connectivity index (χ1v) is 8.43. The Kier molecular flexibility index (Phi) is 5.07. The number of benzene rings is 2. The third kappa shape index (κ3) is 4.22. The molecule has 0 spiro atoms. The normalized spacial score (nSPS) is 10.1. The van der Waals surface area contributed by atoms with E-state index in [0.717, 1.165) is 16.1 Å². The quantitative estimate of drug-likeness (QED) is 0.755. The highest BCUT2D eigenvalue weighted by Crippen LogP contribution is 2.30. The van der Waals surface area contributed by atoms with Crippen LogP contribution in [0.25, 0.3) is 11.3 Å². The van der Waals surface area contributed by atoms with E-state index in [1.54, 1.807) is 24.3 Å². The summed E-state index contributed by atoms with van der Waals surface area (Å²) in [5.41, 5.74) is 2.43. The second-order valence-corrected chi connectivity index (χ2v) is 6.47. The van der Waals surface area contributed by atoms with Gasteiger partial charge in [-0.3, -0.25) is 10.1 Å². The van der Waals surface area contributed by atoms with Gasteiger partial charge in [-0.25, -0.2) is 4.98 Å². The average molecular weight is 349 g/mol. The summed E-state index contributed by atoms with van der Waals surface area (Å²) in [7, 11) is 0. The van der Waals surface area contributed by atoms with Crippen LogP contribution in [0.5, 0.6) is 5.75 Å². The fourth-order valence-electron chi connectivity index (χ4n) is 2.24. The second-order valence-electron chi connectivity index (χ2n) is 5.26. The van der Waals surface area contributed by atoms with Crippen molar-refractivity contribution in [2.45, 2.75) is 6.92 Å². The fourth-order valence-corrected chi connectivity index (χ4v) is 3.10. The van der Waals surface area contributed by atoms with Gasteiger partial charge in [0.05, 0.1) is 17.3 Å². The third-order valence-electron chi connectivity index (χ3n) is 3.44. The molecule has 0 fully saturated rings. The van der Waals surface area contributed by atoms with Gasteiger partial charge in [0.15, 0.2) is 11.7 Å². The molecular formula is C19H15N3O2S. The first-order chi connectivity index (χ1) is 12.2. The number of hydrogen-bond donors (Lipinski definition) is 1. The van der Waals surface area contributed by atoms with Gasteiger partial charge in [-0.05, 0) is 31.2 Å². The maximum atomic E-state index is 12.0. The van der Waals surface area contributed by atoms with Crippen LogP contribution < -0.4 is 10.1 Å². The van der Waals surface area contributed by atoms with Crippen LogP contribution in [0.1, 0.15) is 10.4 Å². The van der Waals surface area contributed by atoms with Crippen LogP contribution in [-0.2, 0) is 4.79 Å². The van der Waals surface area contributed by atoms with E-state index < -0.39 is 0 Å². The number of rotatable bonds is 5. The van der Waals surface area contributed by atoms with Crippen molar-refractivity contribution in [1.29, 1.82) is 5.26 Å². The van der Waals surface area contributed by atoms with E-state index in [9.17, 15) is 4.79 Å². The molecule has 0 atom stereocenters. The number of nitrogens with one attached hydrogen (secondary N) is 1. The molecule has 3 rings (SSSR count). The smallest absolute Gasteiger partial charge is 0.264 e. The molecule has 0 saturated heterocycles. The van der Waals surface area contributed by atoms with E-state index >= 15 is 0 Å². The molecule has 0 aliphatic rings. The summed E-state index contributed by atoms with van der Waals surface area (Å²) in [4.78, 5) is 17.6. The summed E-state index contributed by atoms with van der Waals surface area (Å²) in [6.07, 6.45) is 0. The zero-order chi connectivity index (χ0) is 17.6. The second kappa shape index (κ2) is 7.60. The van der Waals surface area contributed by atoms with Crippen LogP contribution in [0.3, 0.4) is 0 Å². The molecule has 5 nitrogen and oxygen atoms in total. The van der Waals surface area contributed by atoms with Gasteiger partial charge >= 0.3 is 0 Å². The highest BCUT2D eigenvalue weighted by atomic mass is 32.1. The summed E-state index contributed by atoms with van der Waals surface area (Å²) in [5, 5.41) is 12.1. The number of amides is 1. The molecule has 0 radical (unpaired) electrons. The lowest BCUT2D eigenvalue weighted by Crippen LogP contribution is -2.20. The van der Waals surface area contributed by atoms with E-state index in [4.69, 9.17) is 10.00 Å². The van der Waals surface area contributed by atoms with Crippen molar-refractivity contribution < 1.29 is 9.53 Å². The van der Waals surface area contributed by atoms with Crippen molar-refractivity contribution in [3.8, 4) is 23.1 Å². The lowest BCUT2D eigenvalue weighted by molar-refractivity contribution is -0.118. The minimum Gasteiger partial charge on any atom is -0.484 e. The van der Waals surface area contributed by atoms with E-state index in [0.29, 0.717) is 16.4 Å². The summed E-state index contributed by atoms with van der Waals surface area (Å²) in [6, 6.07) is 18.5. The molecular weight excluding hydrogens is 334 g/mol. The van der Waals surface area contributed by atoms with Gasteiger partial charge in [-0.15, -0.1) is 11.3 Å². The zero-order valence-corrected chi connectivity index (χ0v) is 14.3. The first-order valence-electron chi connectivity index (χ1n) is 7.61. The van der Waals surface area contributed by atoms with E-state index in [1.807, 2.05) is 43.3 Å². The molecule has 25 heavy (non-hydrogen) atoms. The Balaban J connectivity index is 1.60. The Morgan fingerprint density at radius 1 is 1.20 bits per heavy atom. The number of nitriles is 1. The molecule has 3 aromatic rings. The van der Waals surface area contributed by atoms with E-state index in [2.05, 4.69) is 10.3 Å². The van der Waals surface area contributed by atoms with Crippen molar-refractivity contribution in [2.24, 2.45) is 0 Å². The molecule has 0 aliphatic heterocycles. The van der Waals surface area contributed by atoms with Gasteiger partial charge in [0, 0.05) is 10.4 Å². The minimum absolute atomic E-state index is 0.120. The number of nitrogens with zero attached hydrogens (tertiary/aromatic N) is 2. The predicted molar refractivity (Wildman–Crippen MR) is 97.6 cm³/mol. The number of carbonyl (C=O) groups is 1. The zero-order valence-electron chi connectivity index (χ0n) is 13.5. The molecule has 1 N–H and O–H groups in total. The van der Waals surface area contributed by atoms with Gasteiger partial charge in [-0.1, -0.05) is 30.3 Å². The van der Waals surface area contributed by atoms with Crippen LogP contribution in [0.2, 0.25) is 0 Å². The van der Waals surface area contributed by atoms with Crippen LogP contribution in [0.15, 0.2) is 54.6 Å². The lowest BCUT2D eigenvalue weighted by atomic mass is 10.1. The van der Waals surface area contributed by atoms with Crippen molar-refractivity contribution in [2.75, 3.05) is 11.9 Å². The van der Waals surface area contributed by atoms with Gasteiger partial charge in [0.2, 0.25) is 0 Å². The highest BCUT2D eigenvalue weighted by Gasteiger charge is 2.12. The Labute approximate surface area is 149 Å². The Morgan fingerprint density at radius 3 is 2.60 bits per heavy atom. The van der Waals surface area contributed by atoms with Crippen LogP contribution >= 0.6 is 11.3 Å². The van der Waals surface area contributed by atoms with Crippen LogP contribution in [0.4, 0.5) is 5.13 Å². The molecule has 0 unspecified atom stereocenters. The number of ether oxygens (including phenoxy) is 1. The summed E-state index contributed by atoms with van der Waals surface area (Å²) < 4.78 is 5.42. The molecule has 0 bridgehead atoms. The molecule has 6 heteroatoms. The molecule has 2 aromatic carbocycles. The number of carbonyl (C=O) groups excluding carboxylic acids is 1. The Morgan fingerprint density at radius 2 is 1.92 bits per heavy atom. The lowest BCUT2D eigenvalue weighted by Gasteiger charge is -2.05. The maximum absolute atomic E-state index is 12.0. The summed E-state index contributed by atoms with van der Waals surface area (Å²) >= 11 is 1.43. The van der Waals surface area contributed by atoms with Crippen molar-refractivity contribution in [3.05, 3.63) is 65.0 Å². The Hall–Kier alpha value is -3.17. The molecule has 0 aliphatic carbocycles. The maximum Gasteiger partial charge on any atom is 0.264 e. The van der Waals surface area contributed by atoms with Gasteiger partial charge < -0.3 is 4.74 Å². The number of thiazole rings is 1. The highest BCUT2D eigenvalue weighted by molar-refractivity contribution is 7.16. The number of aryl methyl sites for hydroxylation is 1. The SMILES string of the molecule is Cc1sc(NC(=O)COc2ccc(C#N)cc2)nc1-c1ccccc1. The average Bonchev–Trinajstić information content (AvgIpc) is 3.01. The molecule has 1 amide bonds. The molecule has 0 saturated carbocycles. The van der Waals surface area contributed by atoms with Crippen molar-refractivity contribution in [3.63, 3.8) is 0 Å². The number of anilines is 1. The van der Waals surface area contributed by atoms with Crippen LogP contribution in [0, 0.1) is 18.3 Å². The minimum atomic E-state index is -0.280. The number of aromatic nitrogens is 1. The van der Waals surface area contributed by atoms with E-state index in [-0.39, 0.29) is 12.5 Å². The van der Waals surface area contributed by atoms with Gasteiger partial charge in [0.25, 0.3) is 5.91 Å². The molecule has 1 heterocycles. The predicted octanol–water partition coefficient (Wildman–Crippen LogP) is 4.01. The first kappa shape index (κ1) is 16.7. The largest absolute Gasteiger partial charge is 0.484 e. The summed E-state index contributed by atoms with van der Waals surface area (Å²) in [6.45, 7) is 1.86. The topological polar surface area (TPSA) is 75.0 Å². The Bertz CT molecular complexity index is 912. The van der Waals surface area contributed by atoms with Crippen LogP contribution in [-0.4, -0.2) is 17.5 Å². The summed E-state index contributed by atoms with van der Waals surface area (Å²) in [5.74, 6) is 0.257. The van der Waals surface area contributed by atoms with Gasteiger partial charge in [0.1, 0.15) is 5.75 Å². The van der Waals surface area contributed by atoms with Crippen molar-refractivity contribution >= 4 is 22.4 Å². The number of hydrogen-bond acceptors (Lipinski definition) is 5. The fraction of sp³-hybridized carbons (Fsp3) is 0.105. The van der Waals surface area contributed by atoms with Crippen molar-refractivity contribution in [1.82, 2.24) is 4.98 Å². The molecule has 124 valence electrons.